The molecule has 0 atom stereocenters. The number of hydrogen-bond donors (Lipinski definition) is 0. The number of rotatable bonds is 7. The average molecular weight is 815 g/mol. The molecule has 64 heavy (non-hydrogen) atoms. The van der Waals surface area contributed by atoms with Gasteiger partial charge in [-0.25, -0.2) is 4.98 Å². The Bertz CT molecular complexity index is 3790. The second-order valence-electron chi connectivity index (χ2n) is 16.6. The van der Waals surface area contributed by atoms with E-state index in [4.69, 9.17) is 9.97 Å². The minimum atomic E-state index is 0.883. The lowest BCUT2D eigenvalue weighted by Crippen LogP contribution is -2.09. The van der Waals surface area contributed by atoms with Crippen molar-refractivity contribution in [3.05, 3.63) is 231 Å². The number of fused-ring (bicyclic) bond motifs is 8. The molecular formula is C60H38N4. The maximum Gasteiger partial charge on any atom is 0.0972 e. The summed E-state index contributed by atoms with van der Waals surface area (Å²) in [5.74, 6) is 0. The third kappa shape index (κ3) is 5.84. The van der Waals surface area contributed by atoms with Crippen molar-refractivity contribution in [3.63, 3.8) is 0 Å². The zero-order valence-corrected chi connectivity index (χ0v) is 34.7. The highest BCUT2D eigenvalue weighted by Gasteiger charge is 2.20. The van der Waals surface area contributed by atoms with Gasteiger partial charge in [-0.1, -0.05) is 146 Å². The van der Waals surface area contributed by atoms with Crippen LogP contribution in [0.25, 0.3) is 105 Å². The minimum Gasteiger partial charge on any atom is -0.311 e. The van der Waals surface area contributed by atoms with Gasteiger partial charge in [0.1, 0.15) is 0 Å². The third-order valence-electron chi connectivity index (χ3n) is 12.9. The van der Waals surface area contributed by atoms with Gasteiger partial charge in [0, 0.05) is 61.3 Å². The summed E-state index contributed by atoms with van der Waals surface area (Å²) >= 11 is 0. The van der Waals surface area contributed by atoms with Gasteiger partial charge in [-0.3, -0.25) is 4.98 Å². The molecule has 0 fully saturated rings. The van der Waals surface area contributed by atoms with Crippen molar-refractivity contribution in [2.24, 2.45) is 0 Å². The van der Waals surface area contributed by atoms with E-state index in [0.717, 1.165) is 50.5 Å². The molecule has 9 aromatic carbocycles. The molecule has 0 aliphatic heterocycles. The van der Waals surface area contributed by atoms with Gasteiger partial charge in [0.2, 0.25) is 0 Å². The van der Waals surface area contributed by atoms with E-state index in [-0.39, 0.29) is 0 Å². The van der Waals surface area contributed by atoms with Gasteiger partial charge in [0.05, 0.1) is 33.5 Å². The molecular weight excluding hydrogens is 777 g/mol. The first-order valence-electron chi connectivity index (χ1n) is 21.8. The van der Waals surface area contributed by atoms with Crippen molar-refractivity contribution in [1.29, 1.82) is 0 Å². The van der Waals surface area contributed by atoms with Gasteiger partial charge in [0.15, 0.2) is 0 Å². The van der Waals surface area contributed by atoms with E-state index in [1.807, 2.05) is 18.3 Å². The van der Waals surface area contributed by atoms with Gasteiger partial charge in [-0.05, 0) is 112 Å². The van der Waals surface area contributed by atoms with Crippen LogP contribution in [0, 0.1) is 0 Å². The van der Waals surface area contributed by atoms with Crippen LogP contribution in [0.2, 0.25) is 0 Å². The molecule has 0 aliphatic rings. The Morgan fingerprint density at radius 3 is 1.53 bits per heavy atom. The first-order chi connectivity index (χ1) is 31.7. The van der Waals surface area contributed by atoms with E-state index in [9.17, 15) is 0 Å². The molecule has 13 rings (SSSR count). The molecule has 0 amide bonds. The topological polar surface area (TPSA) is 33.4 Å². The highest BCUT2D eigenvalue weighted by Crippen LogP contribution is 2.43. The van der Waals surface area contributed by atoms with Crippen LogP contribution in [-0.4, -0.2) is 14.4 Å². The first kappa shape index (κ1) is 36.1. The summed E-state index contributed by atoms with van der Waals surface area (Å²) in [4.78, 5) is 12.3. The molecule has 0 unspecified atom stereocenters. The number of aromatic nitrogens is 3. The largest absolute Gasteiger partial charge is 0.311 e. The summed E-state index contributed by atoms with van der Waals surface area (Å²) in [6, 6.07) is 80.9. The lowest BCUT2D eigenvalue weighted by molar-refractivity contribution is 1.28. The van der Waals surface area contributed by atoms with Crippen LogP contribution in [-0.2, 0) is 0 Å². The smallest absolute Gasteiger partial charge is 0.0972 e. The highest BCUT2D eigenvalue weighted by atomic mass is 15.1. The predicted octanol–water partition coefficient (Wildman–Crippen LogP) is 16.1. The Morgan fingerprint density at radius 1 is 0.344 bits per heavy atom. The molecule has 4 heterocycles. The molecule has 298 valence electrons. The van der Waals surface area contributed by atoms with Crippen molar-refractivity contribution in [2.45, 2.75) is 0 Å². The van der Waals surface area contributed by atoms with Crippen LogP contribution in [0.4, 0.5) is 17.1 Å². The Labute approximate surface area is 369 Å². The van der Waals surface area contributed by atoms with Gasteiger partial charge < -0.3 is 9.30 Å². The molecule has 4 nitrogen and oxygen atoms in total. The predicted molar refractivity (Wildman–Crippen MR) is 268 cm³/mol. The van der Waals surface area contributed by atoms with Gasteiger partial charge >= 0.3 is 0 Å². The molecule has 0 spiro atoms. The second kappa shape index (κ2) is 14.5. The number of hydrogen-bond acceptors (Lipinski definition) is 3. The zero-order valence-electron chi connectivity index (χ0n) is 34.7. The van der Waals surface area contributed by atoms with Gasteiger partial charge in [0.25, 0.3) is 0 Å². The maximum absolute atomic E-state index is 5.21. The van der Waals surface area contributed by atoms with E-state index in [1.165, 1.54) is 71.1 Å². The molecule has 0 bridgehead atoms. The number of nitrogens with zero attached hydrogens (tertiary/aromatic N) is 4. The minimum absolute atomic E-state index is 0.883. The fraction of sp³-hybridized carbons (Fsp3) is 0. The molecule has 0 saturated heterocycles. The lowest BCUT2D eigenvalue weighted by Gasteiger charge is -2.26. The van der Waals surface area contributed by atoms with E-state index >= 15 is 0 Å². The molecule has 0 aliphatic carbocycles. The van der Waals surface area contributed by atoms with Crippen LogP contribution in [0.1, 0.15) is 0 Å². The highest BCUT2D eigenvalue weighted by molar-refractivity contribution is 6.24. The van der Waals surface area contributed by atoms with Crippen molar-refractivity contribution < 1.29 is 0 Å². The van der Waals surface area contributed by atoms with Gasteiger partial charge in [-0.2, -0.15) is 0 Å². The molecule has 13 aromatic rings. The molecule has 0 saturated carbocycles. The normalized spacial score (nSPS) is 11.8. The summed E-state index contributed by atoms with van der Waals surface area (Å²) in [6.45, 7) is 0. The maximum atomic E-state index is 5.21. The van der Waals surface area contributed by atoms with Crippen LogP contribution < -0.4 is 4.90 Å². The molecule has 4 heteroatoms. The first-order valence-corrected chi connectivity index (χ1v) is 21.8. The number of anilines is 3. The summed E-state index contributed by atoms with van der Waals surface area (Å²) in [5, 5.41) is 8.66. The van der Waals surface area contributed by atoms with Crippen LogP contribution in [0.15, 0.2) is 231 Å². The Balaban J connectivity index is 0.913. The summed E-state index contributed by atoms with van der Waals surface area (Å²) in [5.41, 5.74) is 16.5. The molecule has 4 aromatic heterocycles. The Hall–Kier alpha value is -8.60. The van der Waals surface area contributed by atoms with Crippen LogP contribution >= 0.6 is 0 Å². The Morgan fingerprint density at radius 2 is 0.875 bits per heavy atom. The van der Waals surface area contributed by atoms with Crippen LogP contribution in [0.3, 0.4) is 0 Å². The van der Waals surface area contributed by atoms with Crippen molar-refractivity contribution in [3.8, 4) is 44.8 Å². The summed E-state index contributed by atoms with van der Waals surface area (Å²) in [6.07, 6.45) is 1.84. The zero-order chi connectivity index (χ0) is 42.1. The van der Waals surface area contributed by atoms with E-state index in [2.05, 4.69) is 222 Å². The van der Waals surface area contributed by atoms with E-state index in [1.54, 1.807) is 0 Å². The molecule has 0 N–H and O–H groups in total. The summed E-state index contributed by atoms with van der Waals surface area (Å²) in [7, 11) is 0. The SMILES string of the molecule is c1ccc(-c2nc(-c3ccc(N(c4ccc(-c5ccc6ccccc6c5)cc4)c4ccc(-c5cc6c7ccccc7n7c8ccccc8c(c5)c67)cc4)cc3)cc3cccnc23)cc1. The quantitative estimate of drug-likeness (QED) is 0.161. The van der Waals surface area contributed by atoms with Crippen LogP contribution in [0.5, 0.6) is 0 Å². The van der Waals surface area contributed by atoms with E-state index < -0.39 is 0 Å². The number of para-hydroxylation sites is 2. The van der Waals surface area contributed by atoms with Crippen molar-refractivity contribution >= 4 is 76.8 Å². The molecule has 0 radical (unpaired) electrons. The van der Waals surface area contributed by atoms with Crippen molar-refractivity contribution in [1.82, 2.24) is 14.4 Å². The second-order valence-corrected chi connectivity index (χ2v) is 16.6. The number of pyridine rings is 2. The van der Waals surface area contributed by atoms with E-state index in [0.29, 0.717) is 0 Å². The fourth-order valence-corrected chi connectivity index (χ4v) is 9.85. The lowest BCUT2D eigenvalue weighted by atomic mass is 9.98. The van der Waals surface area contributed by atoms with Gasteiger partial charge in [-0.15, -0.1) is 0 Å². The van der Waals surface area contributed by atoms with Crippen molar-refractivity contribution in [2.75, 3.05) is 4.90 Å². The monoisotopic (exact) mass is 814 g/mol. The Kier molecular flexibility index (Phi) is 8.18. The average Bonchev–Trinajstić information content (AvgIpc) is 3.89. The number of benzene rings is 9. The fourth-order valence-electron chi connectivity index (χ4n) is 9.85. The summed E-state index contributed by atoms with van der Waals surface area (Å²) < 4.78 is 2.44. The third-order valence-corrected chi connectivity index (χ3v) is 12.9. The standard InChI is InChI=1S/C60H38N4/c1-2-12-43(13-3-1)59-58-46(15-10-34-61-58)38-55(62-59)42-26-32-50(33-27-42)63(48-28-22-40(23-29-48)45-21-20-39-11-4-5-14-44(39)35-45)49-30-24-41(25-31-49)47-36-53-51-16-6-8-18-56(51)64-57-19-9-7-17-52(57)54(37-47)60(53)64/h1-38H.